The number of carbonyl (C=O) groups excluding carboxylic acids is 2. The van der Waals surface area contributed by atoms with Gasteiger partial charge in [-0.3, -0.25) is 9.59 Å². The summed E-state index contributed by atoms with van der Waals surface area (Å²) >= 11 is 0. The molecular weight excluding hydrogens is 454 g/mol. The highest BCUT2D eigenvalue weighted by molar-refractivity contribution is 6.00. The molecule has 190 valence electrons. The van der Waals surface area contributed by atoms with E-state index in [-0.39, 0.29) is 23.8 Å². The van der Waals surface area contributed by atoms with Crippen molar-refractivity contribution >= 4 is 23.2 Å². The molecule has 1 saturated carbocycles. The van der Waals surface area contributed by atoms with E-state index < -0.39 is 0 Å². The molecule has 2 N–H and O–H groups in total. The molecule has 36 heavy (non-hydrogen) atoms. The lowest BCUT2D eigenvalue weighted by atomic mass is 9.84. The number of methoxy groups -OCH3 is 1. The Morgan fingerprint density at radius 1 is 1.17 bits per heavy atom. The third-order valence-electron chi connectivity index (χ3n) is 7.28. The number of carbonyl (C=O) groups is 2. The summed E-state index contributed by atoms with van der Waals surface area (Å²) in [6.07, 6.45) is 3.07. The summed E-state index contributed by atoms with van der Waals surface area (Å²) in [5.41, 5.74) is 5.02. The number of nitrogens with one attached hydrogen (secondary N) is 2. The van der Waals surface area contributed by atoms with Crippen molar-refractivity contribution in [2.24, 2.45) is 5.92 Å². The fourth-order valence-corrected chi connectivity index (χ4v) is 5.20. The van der Waals surface area contributed by atoms with Crippen LogP contribution in [0.15, 0.2) is 30.3 Å². The lowest BCUT2D eigenvalue weighted by Crippen LogP contribution is -2.40. The van der Waals surface area contributed by atoms with Crippen molar-refractivity contribution < 1.29 is 14.3 Å². The molecule has 1 aliphatic carbocycles. The van der Waals surface area contributed by atoms with Gasteiger partial charge < -0.3 is 25.2 Å². The van der Waals surface area contributed by atoms with Crippen molar-refractivity contribution in [1.82, 2.24) is 9.80 Å². The second-order valence-electron chi connectivity index (χ2n) is 10.0. The number of likely N-dealkylation sites (N-methyl/N-ethyl adjacent to an activating group) is 1. The van der Waals surface area contributed by atoms with Crippen LogP contribution in [-0.4, -0.2) is 62.0 Å². The third-order valence-corrected chi connectivity index (χ3v) is 7.28. The first-order valence-electron chi connectivity index (χ1n) is 12.5. The zero-order valence-corrected chi connectivity index (χ0v) is 21.6. The molecule has 2 aromatic carbocycles. The standard InChI is InChI=1S/C28H35N5O3/c1-18-13-22(30-11-12-32(2)3)15-24-25(18)17-33(28(24)35)23-8-5-19(6-9-23)27(34)31-21-7-10-26(36-4)20(14-21)16-29/h7,10,13-15,19,23,30H,5-6,8-9,11-12,17H2,1-4H3,(H,31,34). The minimum absolute atomic E-state index is 0.0391. The molecule has 1 heterocycles. The Balaban J connectivity index is 1.34. The van der Waals surface area contributed by atoms with Gasteiger partial charge in [0.25, 0.3) is 5.91 Å². The first-order valence-corrected chi connectivity index (χ1v) is 12.5. The Morgan fingerprint density at radius 3 is 2.58 bits per heavy atom. The fourth-order valence-electron chi connectivity index (χ4n) is 5.20. The average molecular weight is 490 g/mol. The molecule has 2 amide bonds. The zero-order chi connectivity index (χ0) is 25.8. The molecule has 0 radical (unpaired) electrons. The number of rotatable bonds is 8. The maximum absolute atomic E-state index is 13.3. The Labute approximate surface area is 213 Å². The number of hydrogen-bond donors (Lipinski definition) is 2. The van der Waals surface area contributed by atoms with Gasteiger partial charge in [-0.05, 0) is 88.2 Å². The van der Waals surface area contributed by atoms with Crippen molar-refractivity contribution in [3.05, 3.63) is 52.6 Å². The lowest BCUT2D eigenvalue weighted by Gasteiger charge is -2.34. The predicted molar refractivity (Wildman–Crippen MR) is 140 cm³/mol. The number of ether oxygens (including phenoxy) is 1. The first-order chi connectivity index (χ1) is 17.3. The SMILES string of the molecule is COc1ccc(NC(=O)C2CCC(N3Cc4c(C)cc(NCCN(C)C)cc4C3=O)CC2)cc1C#N. The maximum Gasteiger partial charge on any atom is 0.254 e. The van der Waals surface area contributed by atoms with Crippen molar-refractivity contribution in [3.63, 3.8) is 0 Å². The number of nitriles is 1. The number of anilines is 2. The number of amides is 2. The van der Waals surface area contributed by atoms with Gasteiger partial charge in [-0.25, -0.2) is 0 Å². The average Bonchev–Trinajstić information content (AvgIpc) is 3.20. The van der Waals surface area contributed by atoms with Crippen LogP contribution < -0.4 is 15.4 Å². The second kappa shape index (κ2) is 11.0. The molecule has 8 heteroatoms. The molecule has 8 nitrogen and oxygen atoms in total. The summed E-state index contributed by atoms with van der Waals surface area (Å²) in [6.45, 7) is 4.46. The van der Waals surface area contributed by atoms with Crippen molar-refractivity contribution in [1.29, 1.82) is 5.26 Å². The molecule has 4 rings (SSSR count). The summed E-state index contributed by atoms with van der Waals surface area (Å²) < 4.78 is 5.17. The summed E-state index contributed by atoms with van der Waals surface area (Å²) in [7, 11) is 5.60. The van der Waals surface area contributed by atoms with Crippen molar-refractivity contribution in [3.8, 4) is 11.8 Å². The van der Waals surface area contributed by atoms with Crippen LogP contribution in [-0.2, 0) is 11.3 Å². The van der Waals surface area contributed by atoms with Gasteiger partial charge >= 0.3 is 0 Å². The Hall–Kier alpha value is -3.57. The highest BCUT2D eigenvalue weighted by Gasteiger charge is 2.37. The fraction of sp³-hybridized carbons (Fsp3) is 0.464. The van der Waals surface area contributed by atoms with Gasteiger partial charge in [0, 0.05) is 48.5 Å². The summed E-state index contributed by atoms with van der Waals surface area (Å²) in [5, 5.41) is 15.7. The van der Waals surface area contributed by atoms with Gasteiger partial charge in [-0.2, -0.15) is 5.26 Å². The van der Waals surface area contributed by atoms with Crippen LogP contribution >= 0.6 is 0 Å². The van der Waals surface area contributed by atoms with Crippen LogP contribution in [0.3, 0.4) is 0 Å². The Bertz CT molecular complexity index is 1180. The van der Waals surface area contributed by atoms with E-state index in [1.165, 1.54) is 7.11 Å². The molecule has 0 atom stereocenters. The molecule has 0 unspecified atom stereocenters. The van der Waals surface area contributed by atoms with Gasteiger partial charge in [0.2, 0.25) is 5.91 Å². The smallest absolute Gasteiger partial charge is 0.254 e. The van der Waals surface area contributed by atoms with Crippen LogP contribution in [0.2, 0.25) is 0 Å². The molecule has 0 saturated heterocycles. The normalized spacial score (nSPS) is 19.1. The van der Waals surface area contributed by atoms with E-state index >= 15 is 0 Å². The van der Waals surface area contributed by atoms with E-state index in [0.29, 0.717) is 23.5 Å². The topological polar surface area (TPSA) is 97.7 Å². The highest BCUT2D eigenvalue weighted by atomic mass is 16.5. The van der Waals surface area contributed by atoms with Gasteiger partial charge in [0.05, 0.1) is 12.7 Å². The molecule has 2 aliphatic rings. The van der Waals surface area contributed by atoms with Crippen LogP contribution in [0, 0.1) is 24.2 Å². The number of fused-ring (bicyclic) bond motifs is 1. The molecular formula is C28H35N5O3. The summed E-state index contributed by atoms with van der Waals surface area (Å²) in [5.74, 6) is 0.435. The number of hydrogen-bond acceptors (Lipinski definition) is 6. The van der Waals surface area contributed by atoms with E-state index in [0.717, 1.165) is 61.2 Å². The number of nitrogens with zero attached hydrogens (tertiary/aromatic N) is 3. The van der Waals surface area contributed by atoms with Crippen LogP contribution in [0.5, 0.6) is 5.75 Å². The second-order valence-corrected chi connectivity index (χ2v) is 10.0. The molecule has 1 fully saturated rings. The van der Waals surface area contributed by atoms with Crippen LogP contribution in [0.1, 0.15) is 52.7 Å². The minimum atomic E-state index is -0.108. The van der Waals surface area contributed by atoms with E-state index in [9.17, 15) is 14.9 Å². The first kappa shape index (κ1) is 25.5. The summed E-state index contributed by atoms with van der Waals surface area (Å²) in [4.78, 5) is 30.3. The minimum Gasteiger partial charge on any atom is -0.495 e. The molecule has 0 aromatic heterocycles. The zero-order valence-electron chi connectivity index (χ0n) is 21.6. The molecule has 2 aromatic rings. The van der Waals surface area contributed by atoms with E-state index in [1.807, 2.05) is 25.1 Å². The van der Waals surface area contributed by atoms with Gasteiger partial charge in [0.1, 0.15) is 11.8 Å². The van der Waals surface area contributed by atoms with Gasteiger partial charge in [0.15, 0.2) is 0 Å². The Morgan fingerprint density at radius 2 is 1.92 bits per heavy atom. The number of benzene rings is 2. The van der Waals surface area contributed by atoms with Crippen molar-refractivity contribution in [2.45, 2.75) is 45.2 Å². The molecule has 0 bridgehead atoms. The van der Waals surface area contributed by atoms with Crippen molar-refractivity contribution in [2.75, 3.05) is 44.9 Å². The lowest BCUT2D eigenvalue weighted by molar-refractivity contribution is -0.121. The van der Waals surface area contributed by atoms with Gasteiger partial charge in [-0.15, -0.1) is 0 Å². The maximum atomic E-state index is 13.3. The van der Waals surface area contributed by atoms with Crippen LogP contribution in [0.4, 0.5) is 11.4 Å². The summed E-state index contributed by atoms with van der Waals surface area (Å²) in [6, 6.07) is 11.4. The van der Waals surface area contributed by atoms with E-state index in [1.54, 1.807) is 18.2 Å². The van der Waals surface area contributed by atoms with E-state index in [4.69, 9.17) is 4.74 Å². The molecule has 0 spiro atoms. The third kappa shape index (κ3) is 5.47. The monoisotopic (exact) mass is 489 g/mol. The van der Waals surface area contributed by atoms with E-state index in [2.05, 4.69) is 34.6 Å². The van der Waals surface area contributed by atoms with Crippen LogP contribution in [0.25, 0.3) is 0 Å². The molecule has 1 aliphatic heterocycles. The largest absolute Gasteiger partial charge is 0.495 e. The number of aryl methyl sites for hydroxylation is 1. The van der Waals surface area contributed by atoms with Gasteiger partial charge in [-0.1, -0.05) is 0 Å². The quantitative estimate of drug-likeness (QED) is 0.582. The predicted octanol–water partition coefficient (Wildman–Crippen LogP) is 4.00. The Kier molecular flexibility index (Phi) is 7.80. The highest BCUT2D eigenvalue weighted by Crippen LogP contribution is 2.36.